The van der Waals surface area contributed by atoms with Gasteiger partial charge in [0.1, 0.15) is 10.6 Å². The lowest BCUT2D eigenvalue weighted by atomic mass is 10.1. The second kappa shape index (κ2) is 3.75. The summed E-state index contributed by atoms with van der Waals surface area (Å²) in [7, 11) is -3.33. The summed E-state index contributed by atoms with van der Waals surface area (Å²) >= 11 is 0. The Morgan fingerprint density at radius 1 is 1.19 bits per heavy atom. The molecule has 1 aromatic heterocycles. The van der Waals surface area contributed by atoms with Crippen LogP contribution in [-0.2, 0) is 9.84 Å². The third-order valence-electron chi connectivity index (χ3n) is 2.23. The van der Waals surface area contributed by atoms with E-state index in [1.165, 1.54) is 0 Å². The smallest absolute Gasteiger partial charge is 0.181 e. The summed E-state index contributed by atoms with van der Waals surface area (Å²) in [6.45, 7) is 1.59. The summed E-state index contributed by atoms with van der Waals surface area (Å²) in [6.07, 6.45) is 1.15. The van der Waals surface area contributed by atoms with Gasteiger partial charge in [0.15, 0.2) is 15.6 Å². The Morgan fingerprint density at radius 3 is 2.38 bits per heavy atom. The molecule has 5 heteroatoms. The van der Waals surface area contributed by atoms with Crippen molar-refractivity contribution < 1.29 is 12.9 Å². The molecule has 0 atom stereocenters. The monoisotopic (exact) mass is 237 g/mol. The molecule has 0 radical (unpaired) electrons. The standard InChI is InChI=1S/C11H11NO3S/c1-8-11(16(2,13)14)10(12-15-8)9-6-4-3-5-7-9/h3-7H,1-2H3. The molecule has 2 rings (SSSR count). The Balaban J connectivity index is 2.69. The lowest BCUT2D eigenvalue weighted by Gasteiger charge is -1.99. The molecule has 0 N–H and O–H groups in total. The average molecular weight is 237 g/mol. The van der Waals surface area contributed by atoms with E-state index in [2.05, 4.69) is 5.16 Å². The van der Waals surface area contributed by atoms with E-state index < -0.39 is 9.84 Å². The number of aromatic nitrogens is 1. The average Bonchev–Trinajstić information content (AvgIpc) is 2.61. The molecule has 16 heavy (non-hydrogen) atoms. The molecular formula is C11H11NO3S. The van der Waals surface area contributed by atoms with E-state index >= 15 is 0 Å². The van der Waals surface area contributed by atoms with Crippen molar-refractivity contribution in [2.24, 2.45) is 0 Å². The van der Waals surface area contributed by atoms with Crippen molar-refractivity contribution in [1.82, 2.24) is 5.16 Å². The molecule has 2 aromatic rings. The largest absolute Gasteiger partial charge is 0.360 e. The van der Waals surface area contributed by atoms with Gasteiger partial charge >= 0.3 is 0 Å². The van der Waals surface area contributed by atoms with Crippen molar-refractivity contribution in [2.75, 3.05) is 6.26 Å². The molecule has 0 aliphatic rings. The van der Waals surface area contributed by atoms with Crippen molar-refractivity contribution in [3.05, 3.63) is 36.1 Å². The molecule has 0 unspecified atom stereocenters. The first-order chi connectivity index (χ1) is 7.50. The fourth-order valence-corrected chi connectivity index (χ4v) is 2.65. The summed E-state index contributed by atoms with van der Waals surface area (Å²) in [5.74, 6) is 0.321. The van der Waals surface area contributed by atoms with Gasteiger partial charge in [-0.15, -0.1) is 0 Å². The predicted octanol–water partition coefficient (Wildman–Crippen LogP) is 2.05. The third kappa shape index (κ3) is 1.86. The lowest BCUT2D eigenvalue weighted by molar-refractivity contribution is 0.396. The van der Waals surface area contributed by atoms with E-state index in [4.69, 9.17) is 4.52 Å². The predicted molar refractivity (Wildman–Crippen MR) is 59.8 cm³/mol. The molecule has 0 spiro atoms. The molecule has 0 amide bonds. The van der Waals surface area contributed by atoms with Crippen LogP contribution in [0.15, 0.2) is 39.8 Å². The maximum Gasteiger partial charge on any atom is 0.181 e. The highest BCUT2D eigenvalue weighted by molar-refractivity contribution is 7.90. The van der Waals surface area contributed by atoms with Crippen molar-refractivity contribution in [3.63, 3.8) is 0 Å². The number of rotatable bonds is 2. The third-order valence-corrected chi connectivity index (χ3v) is 3.45. The van der Waals surface area contributed by atoms with Gasteiger partial charge in [0.2, 0.25) is 0 Å². The Morgan fingerprint density at radius 2 is 1.81 bits per heavy atom. The van der Waals surface area contributed by atoms with Crippen LogP contribution in [0.1, 0.15) is 5.76 Å². The molecule has 1 heterocycles. The number of sulfone groups is 1. The number of hydrogen-bond donors (Lipinski definition) is 0. The topological polar surface area (TPSA) is 60.2 Å². The van der Waals surface area contributed by atoms with E-state index in [9.17, 15) is 8.42 Å². The van der Waals surface area contributed by atoms with Crippen LogP contribution in [0.5, 0.6) is 0 Å². The molecular weight excluding hydrogens is 226 g/mol. The zero-order valence-electron chi connectivity index (χ0n) is 8.97. The van der Waals surface area contributed by atoms with Crippen LogP contribution < -0.4 is 0 Å². The Hall–Kier alpha value is -1.62. The van der Waals surface area contributed by atoms with Gasteiger partial charge in [-0.2, -0.15) is 0 Å². The van der Waals surface area contributed by atoms with Crippen molar-refractivity contribution in [3.8, 4) is 11.3 Å². The van der Waals surface area contributed by atoms with Crippen LogP contribution in [-0.4, -0.2) is 19.8 Å². The second-order valence-corrected chi connectivity index (χ2v) is 5.51. The van der Waals surface area contributed by atoms with E-state index in [0.717, 1.165) is 11.8 Å². The van der Waals surface area contributed by atoms with Crippen LogP contribution in [0.4, 0.5) is 0 Å². The summed E-state index contributed by atoms with van der Waals surface area (Å²) in [5.41, 5.74) is 1.11. The molecule has 0 saturated carbocycles. The van der Waals surface area contributed by atoms with Crippen LogP contribution in [0.25, 0.3) is 11.3 Å². The zero-order chi connectivity index (χ0) is 11.8. The summed E-state index contributed by atoms with van der Waals surface area (Å²) < 4.78 is 28.2. The second-order valence-electron chi connectivity index (χ2n) is 3.55. The molecule has 4 nitrogen and oxygen atoms in total. The SMILES string of the molecule is Cc1onc(-c2ccccc2)c1S(C)(=O)=O. The van der Waals surface area contributed by atoms with Crippen molar-refractivity contribution in [2.45, 2.75) is 11.8 Å². The van der Waals surface area contributed by atoms with Crippen molar-refractivity contribution >= 4 is 9.84 Å². The van der Waals surface area contributed by atoms with Gasteiger partial charge in [-0.05, 0) is 6.92 Å². The van der Waals surface area contributed by atoms with Gasteiger partial charge in [-0.3, -0.25) is 0 Å². The highest BCUT2D eigenvalue weighted by Gasteiger charge is 2.22. The van der Waals surface area contributed by atoms with Crippen molar-refractivity contribution in [1.29, 1.82) is 0 Å². The molecule has 0 saturated heterocycles. The van der Waals surface area contributed by atoms with Crippen LogP contribution in [0.3, 0.4) is 0 Å². The summed E-state index contributed by atoms with van der Waals surface area (Å²) in [5, 5.41) is 3.80. The van der Waals surface area contributed by atoms with Crippen LogP contribution in [0.2, 0.25) is 0 Å². The summed E-state index contributed by atoms with van der Waals surface area (Å²) in [4.78, 5) is 0.165. The van der Waals surface area contributed by atoms with Gasteiger partial charge < -0.3 is 4.52 Å². The molecule has 0 bridgehead atoms. The first-order valence-electron chi connectivity index (χ1n) is 4.72. The fraction of sp³-hybridized carbons (Fsp3) is 0.182. The van der Waals surface area contributed by atoms with Crippen LogP contribution in [0, 0.1) is 6.92 Å². The summed E-state index contributed by atoms with van der Waals surface area (Å²) in [6, 6.07) is 9.10. The molecule has 0 aliphatic carbocycles. The highest BCUT2D eigenvalue weighted by atomic mass is 32.2. The van der Waals surface area contributed by atoms with Gasteiger partial charge in [0, 0.05) is 11.8 Å². The van der Waals surface area contributed by atoms with Gasteiger partial charge in [-0.1, -0.05) is 35.5 Å². The first kappa shape index (κ1) is 10.9. The molecule has 1 aromatic carbocycles. The van der Waals surface area contributed by atoms with E-state index in [-0.39, 0.29) is 4.90 Å². The van der Waals surface area contributed by atoms with Gasteiger partial charge in [0.05, 0.1) is 0 Å². The Bertz CT molecular complexity index is 599. The maximum atomic E-state index is 11.6. The Labute approximate surface area is 93.8 Å². The minimum atomic E-state index is -3.33. The lowest BCUT2D eigenvalue weighted by Crippen LogP contribution is -1.99. The van der Waals surface area contributed by atoms with Gasteiger partial charge in [0.25, 0.3) is 0 Å². The fourth-order valence-electron chi connectivity index (χ4n) is 1.58. The minimum absolute atomic E-state index is 0.165. The number of aryl methyl sites for hydroxylation is 1. The highest BCUT2D eigenvalue weighted by Crippen LogP contribution is 2.28. The number of hydrogen-bond acceptors (Lipinski definition) is 4. The normalized spacial score (nSPS) is 11.6. The number of nitrogens with zero attached hydrogens (tertiary/aromatic N) is 1. The van der Waals surface area contributed by atoms with E-state index in [0.29, 0.717) is 11.5 Å². The van der Waals surface area contributed by atoms with E-state index in [1.807, 2.05) is 18.2 Å². The quantitative estimate of drug-likeness (QED) is 0.802. The maximum absolute atomic E-state index is 11.6. The zero-order valence-corrected chi connectivity index (χ0v) is 9.78. The minimum Gasteiger partial charge on any atom is -0.360 e. The van der Waals surface area contributed by atoms with Gasteiger partial charge in [-0.25, -0.2) is 8.42 Å². The first-order valence-corrected chi connectivity index (χ1v) is 6.61. The number of benzene rings is 1. The van der Waals surface area contributed by atoms with E-state index in [1.54, 1.807) is 19.1 Å². The molecule has 0 fully saturated rings. The Kier molecular flexibility index (Phi) is 2.55. The molecule has 0 aliphatic heterocycles. The van der Waals surface area contributed by atoms with Crippen LogP contribution >= 0.6 is 0 Å². The molecule has 84 valence electrons.